The fourth-order valence-electron chi connectivity index (χ4n) is 5.74. The van der Waals surface area contributed by atoms with Crippen LogP contribution in [-0.4, -0.2) is 56.3 Å². The van der Waals surface area contributed by atoms with Crippen molar-refractivity contribution in [3.63, 3.8) is 0 Å². The number of aromatic nitrogens is 3. The molecule has 0 spiro atoms. The van der Waals surface area contributed by atoms with Crippen molar-refractivity contribution in [3.8, 4) is 11.9 Å². The number of ether oxygens (including phenoxy) is 2. The summed E-state index contributed by atoms with van der Waals surface area (Å²) in [6.07, 6.45) is 4.54. The first-order valence-corrected chi connectivity index (χ1v) is 14.4. The van der Waals surface area contributed by atoms with Gasteiger partial charge in [-0.25, -0.2) is 19.2 Å². The molecule has 220 valence electrons. The molecule has 43 heavy (non-hydrogen) atoms. The smallest absolute Gasteiger partial charge is 0.335 e. The number of likely N-dealkylation sites (tertiary alicyclic amines) is 1. The molecule has 2 aliphatic rings. The lowest BCUT2D eigenvalue weighted by atomic mass is 9.93. The summed E-state index contributed by atoms with van der Waals surface area (Å²) in [5.41, 5.74) is 4.05. The molecule has 2 aromatic carbocycles. The molecule has 1 N–H and O–H groups in total. The average Bonchev–Trinajstić information content (AvgIpc) is 3.34. The van der Waals surface area contributed by atoms with Crippen molar-refractivity contribution < 1.29 is 23.8 Å². The van der Waals surface area contributed by atoms with E-state index < -0.39 is 11.8 Å². The summed E-state index contributed by atoms with van der Waals surface area (Å²) in [6, 6.07) is 15.3. The van der Waals surface area contributed by atoms with E-state index in [1.165, 1.54) is 6.07 Å². The highest BCUT2D eigenvalue weighted by atomic mass is 19.1. The molecule has 4 aromatic rings. The van der Waals surface area contributed by atoms with Crippen LogP contribution in [0.2, 0.25) is 0 Å². The molecule has 0 bridgehead atoms. The number of hydrogen-bond donors (Lipinski definition) is 1. The highest BCUT2D eigenvalue weighted by Crippen LogP contribution is 2.31. The minimum absolute atomic E-state index is 0.0286. The molecule has 2 aliphatic heterocycles. The number of pyridine rings is 1. The van der Waals surface area contributed by atoms with E-state index in [1.54, 1.807) is 36.4 Å². The fourth-order valence-corrected chi connectivity index (χ4v) is 5.74. The lowest BCUT2D eigenvalue weighted by molar-refractivity contribution is -0.0592. The van der Waals surface area contributed by atoms with Crippen molar-refractivity contribution in [2.45, 2.75) is 51.0 Å². The third-order valence-corrected chi connectivity index (χ3v) is 8.28. The number of hydrogen-bond acceptors (Lipinski definition) is 7. The quantitative estimate of drug-likeness (QED) is 0.260. The van der Waals surface area contributed by atoms with Crippen molar-refractivity contribution in [2.75, 3.05) is 19.7 Å². The van der Waals surface area contributed by atoms with Gasteiger partial charge in [-0.1, -0.05) is 24.8 Å². The Hall–Kier alpha value is -4.59. The first-order chi connectivity index (χ1) is 20.9. The molecule has 2 fully saturated rings. The Bertz CT molecular complexity index is 1720. The van der Waals surface area contributed by atoms with Crippen LogP contribution >= 0.6 is 0 Å². The Labute approximate surface area is 248 Å². The maximum atomic E-state index is 14.3. The van der Waals surface area contributed by atoms with Crippen LogP contribution in [0.1, 0.15) is 63.7 Å². The number of piperidine rings is 1. The number of imidazole rings is 1. The number of benzene rings is 2. The SMILES string of the molecule is C=Cc1cc(C(=O)O)cc2c1nc(CN1CCC(c3cccc(OCc4ccc(C#N)cc4F)n3)CC1)n2C[C@@H]1CCO1. The van der Waals surface area contributed by atoms with Crippen LogP contribution in [0.25, 0.3) is 17.1 Å². The molecule has 2 saturated heterocycles. The summed E-state index contributed by atoms with van der Waals surface area (Å²) in [7, 11) is 0. The lowest BCUT2D eigenvalue weighted by Gasteiger charge is -2.32. The van der Waals surface area contributed by atoms with Gasteiger partial charge in [-0.05, 0) is 62.7 Å². The van der Waals surface area contributed by atoms with E-state index in [2.05, 4.69) is 16.0 Å². The Balaban J connectivity index is 1.13. The van der Waals surface area contributed by atoms with Gasteiger partial charge in [0, 0.05) is 35.4 Å². The number of carbonyl (C=O) groups is 1. The second kappa shape index (κ2) is 12.3. The fraction of sp³-hybridized carbons (Fsp3) is 0.333. The van der Waals surface area contributed by atoms with Crippen molar-refractivity contribution in [1.29, 1.82) is 5.26 Å². The number of rotatable bonds is 10. The third kappa shape index (κ3) is 6.14. The largest absolute Gasteiger partial charge is 0.478 e. The molecule has 6 rings (SSSR count). The molecule has 0 unspecified atom stereocenters. The molecular formula is C33H32FN5O4. The van der Waals surface area contributed by atoms with E-state index in [1.807, 2.05) is 18.2 Å². The predicted octanol–water partition coefficient (Wildman–Crippen LogP) is 5.53. The van der Waals surface area contributed by atoms with Gasteiger partial charge in [0.15, 0.2) is 0 Å². The van der Waals surface area contributed by atoms with Gasteiger partial charge in [-0.15, -0.1) is 0 Å². The number of carboxylic acids is 1. The molecule has 4 heterocycles. The number of halogens is 1. The lowest BCUT2D eigenvalue weighted by Crippen LogP contribution is -2.35. The highest BCUT2D eigenvalue weighted by Gasteiger charge is 2.27. The second-order valence-electron chi connectivity index (χ2n) is 11.0. The summed E-state index contributed by atoms with van der Waals surface area (Å²) < 4.78 is 27.9. The van der Waals surface area contributed by atoms with E-state index in [-0.39, 0.29) is 29.8 Å². The molecule has 0 amide bonds. The molecule has 2 aromatic heterocycles. The van der Waals surface area contributed by atoms with Crippen LogP contribution in [0.5, 0.6) is 5.88 Å². The van der Waals surface area contributed by atoms with E-state index in [0.717, 1.165) is 61.5 Å². The normalized spacial score (nSPS) is 17.3. The van der Waals surface area contributed by atoms with E-state index >= 15 is 0 Å². The molecule has 1 atom stereocenters. The summed E-state index contributed by atoms with van der Waals surface area (Å²) in [5.74, 6) is 0.136. The summed E-state index contributed by atoms with van der Waals surface area (Å²) in [5, 5.41) is 18.6. The molecule has 10 heteroatoms. The first kappa shape index (κ1) is 28.5. The second-order valence-corrected chi connectivity index (χ2v) is 11.0. The van der Waals surface area contributed by atoms with Gasteiger partial charge in [0.25, 0.3) is 0 Å². The monoisotopic (exact) mass is 581 g/mol. The minimum Gasteiger partial charge on any atom is -0.478 e. The average molecular weight is 582 g/mol. The van der Waals surface area contributed by atoms with Gasteiger partial charge in [-0.2, -0.15) is 5.26 Å². The number of nitriles is 1. The van der Waals surface area contributed by atoms with Crippen LogP contribution in [0.3, 0.4) is 0 Å². The molecule has 0 saturated carbocycles. The predicted molar refractivity (Wildman–Crippen MR) is 158 cm³/mol. The first-order valence-electron chi connectivity index (χ1n) is 14.4. The van der Waals surface area contributed by atoms with E-state index in [9.17, 15) is 14.3 Å². The summed E-state index contributed by atoms with van der Waals surface area (Å²) in [4.78, 5) is 23.9. The van der Waals surface area contributed by atoms with Crippen molar-refractivity contribution in [2.24, 2.45) is 0 Å². The summed E-state index contributed by atoms with van der Waals surface area (Å²) >= 11 is 0. The topological polar surface area (TPSA) is 113 Å². The Morgan fingerprint density at radius 2 is 2.00 bits per heavy atom. The summed E-state index contributed by atoms with van der Waals surface area (Å²) in [6.45, 7) is 7.63. The van der Waals surface area contributed by atoms with Crippen LogP contribution in [0, 0.1) is 17.1 Å². The number of carboxylic acid groups (broad SMARTS) is 1. The van der Waals surface area contributed by atoms with Gasteiger partial charge in [0.05, 0.1) is 47.4 Å². The van der Waals surface area contributed by atoms with Crippen molar-refractivity contribution >= 4 is 23.1 Å². The molecule has 0 radical (unpaired) electrons. The van der Waals surface area contributed by atoms with Crippen LogP contribution in [0.15, 0.2) is 55.1 Å². The van der Waals surface area contributed by atoms with Gasteiger partial charge < -0.3 is 19.1 Å². The highest BCUT2D eigenvalue weighted by molar-refractivity contribution is 5.96. The molecular weight excluding hydrogens is 549 g/mol. The standard InChI is InChI=1S/C33H32FN5O4/c1-2-22-15-25(33(40)41)16-29-32(22)37-30(39(29)18-26-10-13-42-26)19-38-11-8-23(9-12-38)28-4-3-5-31(36-28)43-20-24-7-6-21(17-35)14-27(24)34/h2-7,14-16,23,26H,1,8-13,18-20H2,(H,40,41)/t26-/m0/s1. The van der Waals surface area contributed by atoms with E-state index in [4.69, 9.17) is 24.7 Å². The number of aromatic carboxylic acids is 1. The zero-order valence-electron chi connectivity index (χ0n) is 23.7. The van der Waals surface area contributed by atoms with Gasteiger partial charge in [-0.3, -0.25) is 4.90 Å². The maximum absolute atomic E-state index is 14.3. The Morgan fingerprint density at radius 3 is 2.67 bits per heavy atom. The van der Waals surface area contributed by atoms with Crippen LogP contribution < -0.4 is 4.74 Å². The van der Waals surface area contributed by atoms with Gasteiger partial charge >= 0.3 is 5.97 Å². The van der Waals surface area contributed by atoms with Crippen LogP contribution in [-0.2, 0) is 24.4 Å². The minimum atomic E-state index is -0.981. The van der Waals surface area contributed by atoms with E-state index in [0.29, 0.717) is 30.1 Å². The number of fused-ring (bicyclic) bond motifs is 1. The van der Waals surface area contributed by atoms with Gasteiger partial charge in [0.1, 0.15) is 18.2 Å². The molecule has 0 aliphatic carbocycles. The Morgan fingerprint density at radius 1 is 1.19 bits per heavy atom. The van der Waals surface area contributed by atoms with Crippen LogP contribution in [0.4, 0.5) is 4.39 Å². The molecule has 9 nitrogen and oxygen atoms in total. The third-order valence-electron chi connectivity index (χ3n) is 8.28. The zero-order valence-corrected chi connectivity index (χ0v) is 23.7. The number of nitrogens with zero attached hydrogens (tertiary/aromatic N) is 5. The Kier molecular flexibility index (Phi) is 8.18. The van der Waals surface area contributed by atoms with Gasteiger partial charge in [0.2, 0.25) is 5.88 Å². The van der Waals surface area contributed by atoms with Crippen molar-refractivity contribution in [1.82, 2.24) is 19.4 Å². The zero-order chi connectivity index (χ0) is 29.9. The maximum Gasteiger partial charge on any atom is 0.335 e. The van der Waals surface area contributed by atoms with Crippen molar-refractivity contribution in [3.05, 3.63) is 94.7 Å².